The van der Waals surface area contributed by atoms with Crippen molar-refractivity contribution in [3.8, 4) is 5.75 Å². The minimum atomic E-state index is -0.202. The maximum atomic E-state index is 12.4. The number of anilines is 2. The first-order chi connectivity index (χ1) is 11.1. The number of carbonyl (C=O) groups excluding carboxylic acids is 1. The highest BCUT2D eigenvalue weighted by molar-refractivity contribution is 6.08. The van der Waals surface area contributed by atoms with Crippen molar-refractivity contribution in [3.63, 3.8) is 0 Å². The lowest BCUT2D eigenvalue weighted by molar-refractivity contribution is 0.102. The molecule has 0 radical (unpaired) electrons. The van der Waals surface area contributed by atoms with E-state index in [1.807, 2.05) is 49.3 Å². The van der Waals surface area contributed by atoms with Crippen LogP contribution in [0.3, 0.4) is 0 Å². The van der Waals surface area contributed by atoms with Gasteiger partial charge in [-0.3, -0.25) is 9.89 Å². The zero-order valence-electron chi connectivity index (χ0n) is 13.3. The van der Waals surface area contributed by atoms with Crippen molar-refractivity contribution in [2.24, 2.45) is 0 Å². The second-order valence-electron chi connectivity index (χ2n) is 5.38. The van der Waals surface area contributed by atoms with Gasteiger partial charge in [0.05, 0.1) is 12.6 Å². The molecule has 0 saturated heterocycles. The fourth-order valence-electron chi connectivity index (χ4n) is 2.31. The Morgan fingerprint density at radius 3 is 2.57 bits per heavy atom. The van der Waals surface area contributed by atoms with E-state index in [1.54, 1.807) is 19.2 Å². The standard InChI is InChI=1S/C17H18N4O2/c1-21(2)12-6-4-11(5-7-12)17(22)18-16-14-10-13(23-3)8-9-15(14)19-20-16/h4-10H,1-3H3,(H2,18,19,20,22). The summed E-state index contributed by atoms with van der Waals surface area (Å²) in [6.45, 7) is 0. The quantitative estimate of drug-likeness (QED) is 0.777. The van der Waals surface area contributed by atoms with Crippen LogP contribution < -0.4 is 15.0 Å². The van der Waals surface area contributed by atoms with Crippen LogP contribution in [0.4, 0.5) is 11.5 Å². The number of benzene rings is 2. The molecule has 0 aliphatic carbocycles. The molecule has 0 bridgehead atoms. The van der Waals surface area contributed by atoms with Gasteiger partial charge in [-0.1, -0.05) is 0 Å². The average Bonchev–Trinajstić information content (AvgIpc) is 2.97. The van der Waals surface area contributed by atoms with Gasteiger partial charge in [0.2, 0.25) is 0 Å². The van der Waals surface area contributed by atoms with E-state index in [0.29, 0.717) is 17.1 Å². The molecule has 0 fully saturated rings. The van der Waals surface area contributed by atoms with Gasteiger partial charge in [0, 0.05) is 30.7 Å². The summed E-state index contributed by atoms with van der Waals surface area (Å²) in [5, 5.41) is 10.7. The third-order valence-corrected chi connectivity index (χ3v) is 3.65. The number of nitrogens with one attached hydrogen (secondary N) is 2. The third kappa shape index (κ3) is 2.96. The zero-order chi connectivity index (χ0) is 16.4. The lowest BCUT2D eigenvalue weighted by atomic mass is 10.2. The largest absolute Gasteiger partial charge is 0.497 e. The molecule has 0 aliphatic rings. The van der Waals surface area contributed by atoms with Crippen LogP contribution in [0, 0.1) is 0 Å². The van der Waals surface area contributed by atoms with Gasteiger partial charge in [-0.05, 0) is 42.5 Å². The minimum absolute atomic E-state index is 0.202. The second kappa shape index (κ2) is 6.00. The molecule has 3 rings (SSSR count). The lowest BCUT2D eigenvalue weighted by Crippen LogP contribution is -2.13. The Bertz CT molecular complexity index is 837. The summed E-state index contributed by atoms with van der Waals surface area (Å²) in [6.07, 6.45) is 0. The summed E-state index contributed by atoms with van der Waals surface area (Å²) in [6, 6.07) is 12.9. The van der Waals surface area contributed by atoms with Crippen LogP contribution in [-0.2, 0) is 0 Å². The maximum absolute atomic E-state index is 12.4. The fourth-order valence-corrected chi connectivity index (χ4v) is 2.31. The summed E-state index contributed by atoms with van der Waals surface area (Å²) < 4.78 is 5.21. The number of amides is 1. The number of rotatable bonds is 4. The zero-order valence-corrected chi connectivity index (χ0v) is 13.3. The molecule has 1 aromatic heterocycles. The van der Waals surface area contributed by atoms with Crippen molar-refractivity contribution in [2.45, 2.75) is 0 Å². The number of methoxy groups -OCH3 is 1. The average molecular weight is 310 g/mol. The van der Waals surface area contributed by atoms with E-state index in [0.717, 1.165) is 16.6 Å². The van der Waals surface area contributed by atoms with Crippen LogP contribution in [0.15, 0.2) is 42.5 Å². The second-order valence-corrected chi connectivity index (χ2v) is 5.38. The molecular weight excluding hydrogens is 292 g/mol. The van der Waals surface area contributed by atoms with Crippen molar-refractivity contribution in [1.29, 1.82) is 0 Å². The van der Waals surface area contributed by atoms with Gasteiger partial charge in [-0.2, -0.15) is 5.10 Å². The highest BCUT2D eigenvalue weighted by atomic mass is 16.5. The molecule has 0 atom stereocenters. The van der Waals surface area contributed by atoms with Crippen LogP contribution in [-0.4, -0.2) is 37.3 Å². The predicted molar refractivity (Wildman–Crippen MR) is 91.4 cm³/mol. The Morgan fingerprint density at radius 1 is 1.17 bits per heavy atom. The van der Waals surface area contributed by atoms with Crippen LogP contribution in [0.25, 0.3) is 10.9 Å². The number of hydrogen-bond donors (Lipinski definition) is 2. The summed E-state index contributed by atoms with van der Waals surface area (Å²) in [5.41, 5.74) is 2.45. The molecule has 1 amide bonds. The van der Waals surface area contributed by atoms with E-state index >= 15 is 0 Å². The molecule has 6 heteroatoms. The Morgan fingerprint density at radius 2 is 1.91 bits per heavy atom. The smallest absolute Gasteiger partial charge is 0.256 e. The number of fused-ring (bicyclic) bond motifs is 1. The molecule has 118 valence electrons. The third-order valence-electron chi connectivity index (χ3n) is 3.65. The van der Waals surface area contributed by atoms with E-state index in [1.165, 1.54) is 0 Å². The molecule has 0 aliphatic heterocycles. The predicted octanol–water partition coefficient (Wildman–Crippen LogP) is 2.89. The van der Waals surface area contributed by atoms with Crippen molar-refractivity contribution < 1.29 is 9.53 Å². The normalized spacial score (nSPS) is 10.6. The Balaban J connectivity index is 1.85. The Kier molecular flexibility index (Phi) is 3.89. The van der Waals surface area contributed by atoms with Gasteiger partial charge in [0.25, 0.3) is 5.91 Å². The Hall–Kier alpha value is -3.02. The first-order valence-corrected chi connectivity index (χ1v) is 7.19. The van der Waals surface area contributed by atoms with Gasteiger partial charge in [0.1, 0.15) is 5.75 Å². The van der Waals surface area contributed by atoms with Gasteiger partial charge < -0.3 is 15.0 Å². The molecule has 0 unspecified atom stereocenters. The lowest BCUT2D eigenvalue weighted by Gasteiger charge is -2.12. The van der Waals surface area contributed by atoms with Gasteiger partial charge in [-0.25, -0.2) is 0 Å². The van der Waals surface area contributed by atoms with Crippen molar-refractivity contribution in [3.05, 3.63) is 48.0 Å². The molecule has 23 heavy (non-hydrogen) atoms. The van der Waals surface area contributed by atoms with E-state index in [9.17, 15) is 4.79 Å². The van der Waals surface area contributed by atoms with Crippen molar-refractivity contribution in [1.82, 2.24) is 10.2 Å². The fraction of sp³-hybridized carbons (Fsp3) is 0.176. The summed E-state index contributed by atoms with van der Waals surface area (Å²) >= 11 is 0. The van der Waals surface area contributed by atoms with Gasteiger partial charge in [0.15, 0.2) is 5.82 Å². The first-order valence-electron chi connectivity index (χ1n) is 7.19. The highest BCUT2D eigenvalue weighted by Crippen LogP contribution is 2.25. The summed E-state index contributed by atoms with van der Waals surface area (Å²) in [5.74, 6) is 0.997. The highest BCUT2D eigenvalue weighted by Gasteiger charge is 2.12. The number of carbonyl (C=O) groups is 1. The SMILES string of the molecule is COc1ccc2[nH]nc(NC(=O)c3ccc(N(C)C)cc3)c2c1. The number of nitrogens with zero attached hydrogens (tertiary/aromatic N) is 2. The van der Waals surface area contributed by atoms with Gasteiger partial charge in [-0.15, -0.1) is 0 Å². The van der Waals surface area contributed by atoms with E-state index in [4.69, 9.17) is 4.74 Å². The summed E-state index contributed by atoms with van der Waals surface area (Å²) in [7, 11) is 5.52. The topological polar surface area (TPSA) is 70.2 Å². The van der Waals surface area contributed by atoms with Crippen LogP contribution in [0.2, 0.25) is 0 Å². The molecule has 2 aromatic carbocycles. The number of hydrogen-bond acceptors (Lipinski definition) is 4. The van der Waals surface area contributed by atoms with E-state index in [2.05, 4.69) is 15.5 Å². The van der Waals surface area contributed by atoms with Gasteiger partial charge >= 0.3 is 0 Å². The van der Waals surface area contributed by atoms with Crippen LogP contribution >= 0.6 is 0 Å². The molecule has 3 aromatic rings. The number of ether oxygens (including phenoxy) is 1. The van der Waals surface area contributed by atoms with Crippen LogP contribution in [0.5, 0.6) is 5.75 Å². The number of aromatic nitrogens is 2. The van der Waals surface area contributed by atoms with Crippen LogP contribution in [0.1, 0.15) is 10.4 Å². The van der Waals surface area contributed by atoms with Crippen molar-refractivity contribution in [2.75, 3.05) is 31.4 Å². The first kappa shape index (κ1) is 14.9. The monoisotopic (exact) mass is 310 g/mol. The van der Waals surface area contributed by atoms with Crippen molar-refractivity contribution >= 4 is 28.3 Å². The van der Waals surface area contributed by atoms with E-state index < -0.39 is 0 Å². The molecule has 6 nitrogen and oxygen atoms in total. The number of aromatic amines is 1. The molecular formula is C17H18N4O2. The Labute approximate surface area is 134 Å². The maximum Gasteiger partial charge on any atom is 0.256 e. The van der Waals surface area contributed by atoms with E-state index in [-0.39, 0.29) is 5.91 Å². The molecule has 1 heterocycles. The summed E-state index contributed by atoms with van der Waals surface area (Å²) in [4.78, 5) is 14.4. The minimum Gasteiger partial charge on any atom is -0.497 e. The molecule has 2 N–H and O–H groups in total. The molecule has 0 spiro atoms. The number of H-pyrrole nitrogens is 1. The molecule has 0 saturated carbocycles.